The second-order valence-corrected chi connectivity index (χ2v) is 11.7. The average Bonchev–Trinajstić information content (AvgIpc) is 3.56. The van der Waals surface area contributed by atoms with Crippen LogP contribution in [0.25, 0.3) is 0 Å². The van der Waals surface area contributed by atoms with Crippen molar-refractivity contribution in [3.05, 3.63) is 48.0 Å². The first-order chi connectivity index (χ1) is 19.0. The predicted octanol–water partition coefficient (Wildman–Crippen LogP) is 7.15. The lowest BCUT2D eigenvalue weighted by Gasteiger charge is -2.33. The molecule has 6 heteroatoms. The molecular formula is C33H50O6. The first-order valence-electron chi connectivity index (χ1n) is 15.5. The van der Waals surface area contributed by atoms with Gasteiger partial charge < -0.3 is 23.7 Å². The van der Waals surface area contributed by atoms with Gasteiger partial charge in [-0.1, -0.05) is 42.5 Å². The molecule has 218 valence electrons. The Hall–Kier alpha value is -1.73. The number of benzene rings is 1. The second-order valence-electron chi connectivity index (χ2n) is 11.7. The molecule has 1 aromatic carbocycles. The standard InChI is InChI=1S/C33H50O6/c1-26(2)38-31(34)15-9-4-3-8-14-28-17-18-30(39-32-16-10-11-23-35-32)29(28)20-22-33(36-24-25-37-33)21-19-27-12-6-5-7-13-27/h3,5-8,12-13,26,28-30,32H,4,9-11,14-25H2,1-2H3/b8-3-/t28-,29+,30+,32?/m0/s1. The van der Waals surface area contributed by atoms with Gasteiger partial charge in [-0.15, -0.1) is 0 Å². The molecule has 0 N–H and O–H groups in total. The Morgan fingerprint density at radius 2 is 1.85 bits per heavy atom. The molecule has 0 radical (unpaired) electrons. The summed E-state index contributed by atoms with van der Waals surface area (Å²) >= 11 is 0. The molecule has 0 amide bonds. The maximum atomic E-state index is 11.8. The number of ether oxygens (including phenoxy) is 5. The number of allylic oxidation sites excluding steroid dienone is 2. The molecule has 1 aromatic rings. The summed E-state index contributed by atoms with van der Waals surface area (Å²) in [4.78, 5) is 11.8. The van der Waals surface area contributed by atoms with Gasteiger partial charge in [-0.2, -0.15) is 0 Å². The average molecular weight is 543 g/mol. The zero-order valence-electron chi connectivity index (χ0n) is 24.2. The molecule has 3 aliphatic rings. The zero-order chi connectivity index (χ0) is 27.3. The number of hydrogen-bond donors (Lipinski definition) is 0. The molecule has 1 unspecified atom stereocenters. The molecule has 4 atom stereocenters. The summed E-state index contributed by atoms with van der Waals surface area (Å²) in [6.07, 6.45) is 17.3. The van der Waals surface area contributed by atoms with Gasteiger partial charge in [-0.3, -0.25) is 4.79 Å². The Labute approximate surface area is 235 Å². The first-order valence-corrected chi connectivity index (χ1v) is 15.5. The molecule has 39 heavy (non-hydrogen) atoms. The van der Waals surface area contributed by atoms with E-state index >= 15 is 0 Å². The van der Waals surface area contributed by atoms with Gasteiger partial charge in [0.15, 0.2) is 12.1 Å². The van der Waals surface area contributed by atoms with Crippen LogP contribution in [0.5, 0.6) is 0 Å². The van der Waals surface area contributed by atoms with Gasteiger partial charge >= 0.3 is 5.97 Å². The van der Waals surface area contributed by atoms with Gasteiger partial charge in [0.1, 0.15) is 0 Å². The smallest absolute Gasteiger partial charge is 0.306 e. The molecule has 0 bridgehead atoms. The van der Waals surface area contributed by atoms with Gasteiger partial charge in [-0.05, 0) is 95.5 Å². The van der Waals surface area contributed by atoms with Crippen LogP contribution < -0.4 is 0 Å². The van der Waals surface area contributed by atoms with Crippen molar-refractivity contribution in [2.45, 2.75) is 122 Å². The highest BCUT2D eigenvalue weighted by molar-refractivity contribution is 5.69. The summed E-state index contributed by atoms with van der Waals surface area (Å²) in [5.74, 6) is 0.447. The van der Waals surface area contributed by atoms with Crippen LogP contribution in [0.2, 0.25) is 0 Å². The zero-order valence-corrected chi connectivity index (χ0v) is 24.2. The summed E-state index contributed by atoms with van der Waals surface area (Å²) in [6, 6.07) is 10.6. The molecule has 4 rings (SSSR count). The van der Waals surface area contributed by atoms with Crippen molar-refractivity contribution < 1.29 is 28.5 Å². The van der Waals surface area contributed by atoms with Crippen LogP contribution in [0.1, 0.15) is 96.5 Å². The first kappa shape index (κ1) is 30.2. The number of rotatable bonds is 15. The van der Waals surface area contributed by atoms with Gasteiger partial charge in [-0.25, -0.2) is 0 Å². The van der Waals surface area contributed by atoms with Gasteiger partial charge in [0.05, 0.1) is 25.4 Å². The second kappa shape index (κ2) is 15.9. The van der Waals surface area contributed by atoms with Gasteiger partial charge in [0, 0.05) is 25.9 Å². The number of aryl methyl sites for hydroxylation is 1. The Kier molecular flexibility index (Phi) is 12.3. The monoisotopic (exact) mass is 542 g/mol. The van der Waals surface area contributed by atoms with E-state index in [1.165, 1.54) is 18.4 Å². The van der Waals surface area contributed by atoms with E-state index in [1.807, 2.05) is 13.8 Å². The molecular weight excluding hydrogens is 492 g/mol. The van der Waals surface area contributed by atoms with Crippen molar-refractivity contribution >= 4 is 5.97 Å². The van der Waals surface area contributed by atoms with Crippen LogP contribution in [0, 0.1) is 11.8 Å². The third-order valence-electron chi connectivity index (χ3n) is 8.40. The Balaban J connectivity index is 1.31. The van der Waals surface area contributed by atoms with Crippen molar-refractivity contribution in [1.82, 2.24) is 0 Å². The Morgan fingerprint density at radius 1 is 1.03 bits per heavy atom. The summed E-state index contributed by atoms with van der Waals surface area (Å²) < 4.78 is 30.3. The number of carbonyl (C=O) groups excluding carboxylic acids is 1. The van der Waals surface area contributed by atoms with Crippen LogP contribution in [0.3, 0.4) is 0 Å². The maximum absolute atomic E-state index is 11.8. The van der Waals surface area contributed by atoms with E-state index in [-0.39, 0.29) is 24.5 Å². The number of hydrogen-bond acceptors (Lipinski definition) is 6. The predicted molar refractivity (Wildman–Crippen MR) is 152 cm³/mol. The Morgan fingerprint density at radius 3 is 2.59 bits per heavy atom. The van der Waals surface area contributed by atoms with Crippen LogP contribution in [-0.2, 0) is 34.9 Å². The highest BCUT2D eigenvalue weighted by Crippen LogP contribution is 2.43. The molecule has 6 nitrogen and oxygen atoms in total. The topological polar surface area (TPSA) is 63.2 Å². The molecule has 2 heterocycles. The van der Waals surface area contributed by atoms with Gasteiger partial charge in [0.2, 0.25) is 0 Å². The minimum absolute atomic E-state index is 0.0426. The molecule has 0 spiro atoms. The van der Waals surface area contributed by atoms with Crippen molar-refractivity contribution in [2.75, 3.05) is 19.8 Å². The maximum Gasteiger partial charge on any atom is 0.306 e. The van der Waals surface area contributed by atoms with Crippen molar-refractivity contribution in [3.8, 4) is 0 Å². The molecule has 1 saturated carbocycles. The SMILES string of the molecule is CC(C)OC(=O)CCC/C=C\C[C@H]1CC[C@@H](OC2CCCCO2)[C@@H]1CCC1(CCc2ccccc2)OCCO1. The lowest BCUT2D eigenvalue weighted by Crippen LogP contribution is -2.35. The summed E-state index contributed by atoms with van der Waals surface area (Å²) in [6.45, 7) is 5.94. The summed E-state index contributed by atoms with van der Waals surface area (Å²) in [5.41, 5.74) is 1.33. The van der Waals surface area contributed by atoms with E-state index in [9.17, 15) is 4.79 Å². The fourth-order valence-electron chi connectivity index (χ4n) is 6.36. The van der Waals surface area contributed by atoms with E-state index in [2.05, 4.69) is 42.5 Å². The number of carbonyl (C=O) groups is 1. The molecule has 0 aromatic heterocycles. The fraction of sp³-hybridized carbons (Fsp3) is 0.727. The van der Waals surface area contributed by atoms with Crippen LogP contribution >= 0.6 is 0 Å². The van der Waals surface area contributed by atoms with Crippen LogP contribution in [0.15, 0.2) is 42.5 Å². The fourth-order valence-corrected chi connectivity index (χ4v) is 6.36. The summed E-state index contributed by atoms with van der Waals surface area (Å²) in [5, 5.41) is 0. The van der Waals surface area contributed by atoms with Crippen molar-refractivity contribution in [1.29, 1.82) is 0 Å². The quantitative estimate of drug-likeness (QED) is 0.133. The molecule has 3 fully saturated rings. The van der Waals surface area contributed by atoms with E-state index in [0.717, 1.165) is 70.8 Å². The lowest BCUT2D eigenvalue weighted by molar-refractivity contribution is -0.201. The van der Waals surface area contributed by atoms with Crippen LogP contribution in [0.4, 0.5) is 0 Å². The normalized spacial score (nSPS) is 26.9. The number of esters is 1. The van der Waals surface area contributed by atoms with E-state index < -0.39 is 5.79 Å². The third kappa shape index (κ3) is 10.00. The highest BCUT2D eigenvalue weighted by Gasteiger charge is 2.42. The van der Waals surface area contributed by atoms with Crippen molar-refractivity contribution in [3.63, 3.8) is 0 Å². The van der Waals surface area contributed by atoms with E-state index in [4.69, 9.17) is 23.7 Å². The molecule has 2 saturated heterocycles. The highest BCUT2D eigenvalue weighted by atomic mass is 16.7. The minimum Gasteiger partial charge on any atom is -0.463 e. The summed E-state index contributed by atoms with van der Waals surface area (Å²) in [7, 11) is 0. The van der Waals surface area contributed by atoms with Crippen LogP contribution in [-0.4, -0.2) is 50.1 Å². The lowest BCUT2D eigenvalue weighted by atomic mass is 9.85. The minimum atomic E-state index is -0.491. The third-order valence-corrected chi connectivity index (χ3v) is 8.40. The van der Waals surface area contributed by atoms with Crippen molar-refractivity contribution in [2.24, 2.45) is 11.8 Å². The Bertz CT molecular complexity index is 856. The molecule has 2 aliphatic heterocycles. The number of unbranched alkanes of at least 4 members (excludes halogenated alkanes) is 1. The largest absolute Gasteiger partial charge is 0.463 e. The van der Waals surface area contributed by atoms with E-state index in [0.29, 0.717) is 31.5 Å². The van der Waals surface area contributed by atoms with E-state index in [1.54, 1.807) is 0 Å². The van der Waals surface area contributed by atoms with Gasteiger partial charge in [0.25, 0.3) is 0 Å². The molecule has 1 aliphatic carbocycles.